The number of rotatable bonds is 10. The van der Waals surface area contributed by atoms with E-state index in [1.165, 1.54) is 51.0 Å². The molecule has 1 aliphatic rings. The van der Waals surface area contributed by atoms with Crippen molar-refractivity contribution < 1.29 is 14.0 Å². The molecular weight excluding hydrogens is 580 g/mol. The zero-order valence-corrected chi connectivity index (χ0v) is 32.7. The summed E-state index contributed by atoms with van der Waals surface area (Å²) in [6, 6.07) is 4.14. The van der Waals surface area contributed by atoms with E-state index in [1.54, 1.807) is 6.92 Å². The molecule has 47 heavy (non-hydrogen) atoms. The largest absolute Gasteiger partial charge is 0.449 e. The van der Waals surface area contributed by atoms with Gasteiger partial charge >= 0.3 is 0 Å². The van der Waals surface area contributed by atoms with Gasteiger partial charge in [0, 0.05) is 35.3 Å². The molecule has 0 aromatic carbocycles. The topological polar surface area (TPSA) is 63.4 Å². The van der Waals surface area contributed by atoms with Gasteiger partial charge in [0.25, 0.3) is 5.91 Å². The lowest BCUT2D eigenvalue weighted by atomic mass is 9.72. The summed E-state index contributed by atoms with van der Waals surface area (Å²) in [5.41, 5.74) is 6.12. The fourth-order valence-electron chi connectivity index (χ4n) is 5.57. The van der Waals surface area contributed by atoms with Crippen LogP contribution >= 0.6 is 0 Å². The van der Waals surface area contributed by atoms with Crippen LogP contribution in [0.3, 0.4) is 0 Å². The lowest BCUT2D eigenvalue weighted by Crippen LogP contribution is -2.47. The van der Waals surface area contributed by atoms with Crippen LogP contribution in [0.15, 0.2) is 52.5 Å². The summed E-state index contributed by atoms with van der Waals surface area (Å²) >= 11 is 0. The maximum Gasteiger partial charge on any atom is 0.290 e. The minimum atomic E-state index is -0.216. The predicted molar refractivity (Wildman–Crippen MR) is 202 cm³/mol. The van der Waals surface area contributed by atoms with Gasteiger partial charge in [0.1, 0.15) is 5.52 Å². The molecule has 0 saturated heterocycles. The lowest BCUT2D eigenvalue weighted by molar-refractivity contribution is -0.113. The third-order valence-corrected chi connectivity index (χ3v) is 9.38. The Morgan fingerprint density at radius 1 is 1.02 bits per heavy atom. The normalized spacial score (nSPS) is 15.5. The third-order valence-electron chi connectivity index (χ3n) is 9.38. The number of Topliss-reactive ketones (excluding diaryl/α,β-unsaturated/α-hetero) is 1. The molecule has 0 spiro atoms. The highest BCUT2D eigenvalue weighted by Gasteiger charge is 2.34. The first kappa shape index (κ1) is 42.1. The van der Waals surface area contributed by atoms with Crippen molar-refractivity contribution in [2.75, 3.05) is 6.54 Å². The van der Waals surface area contributed by atoms with Crippen molar-refractivity contribution in [2.24, 2.45) is 5.41 Å². The van der Waals surface area contributed by atoms with E-state index in [0.717, 1.165) is 41.7 Å². The smallest absolute Gasteiger partial charge is 0.290 e. The summed E-state index contributed by atoms with van der Waals surface area (Å²) in [4.78, 5) is 30.6. The number of hydrogen-bond donors (Lipinski definition) is 0. The van der Waals surface area contributed by atoms with Crippen LogP contribution in [-0.2, 0) is 10.2 Å². The molecule has 0 atom stereocenters. The molecule has 0 aliphatic heterocycles. The van der Waals surface area contributed by atoms with Gasteiger partial charge < -0.3 is 9.32 Å². The minimum Gasteiger partial charge on any atom is -0.449 e. The van der Waals surface area contributed by atoms with Crippen LogP contribution in [0.1, 0.15) is 176 Å². The maximum absolute atomic E-state index is 13.5. The molecule has 2 heterocycles. The van der Waals surface area contributed by atoms with Crippen molar-refractivity contribution in [1.82, 2.24) is 9.88 Å². The van der Waals surface area contributed by atoms with Crippen molar-refractivity contribution in [3.8, 4) is 0 Å². The highest BCUT2D eigenvalue weighted by atomic mass is 16.3. The first-order valence-corrected chi connectivity index (χ1v) is 18.0. The quantitative estimate of drug-likeness (QED) is 0.190. The molecule has 1 fully saturated rings. The Bertz CT molecular complexity index is 1360. The van der Waals surface area contributed by atoms with Gasteiger partial charge in [-0.15, -0.1) is 0 Å². The van der Waals surface area contributed by atoms with E-state index in [-0.39, 0.29) is 22.6 Å². The zero-order chi connectivity index (χ0) is 36.2. The van der Waals surface area contributed by atoms with Gasteiger partial charge in [-0.25, -0.2) is 4.98 Å². The standard InChI is InChI=1S/C28H44N2O2.C9H16.C5H8O/c1-10-16-30(28(8,9)11-2)25(31)23-18-22-24(32-23)20(26(3,4)5)17-21(29-22)19-12-14-27(6,7)15-13-19;1-4-6-8-9(3)7-5-2;1-4(2)5(3)6/h17-19H,10-16H2,1-9H3;4,6,8H,5,7H2,1-3H3;1H2,2-3H3/b;6-4-,9-8-;. The number of fused-ring (bicyclic) bond motifs is 1. The average molecular weight is 649 g/mol. The summed E-state index contributed by atoms with van der Waals surface area (Å²) in [6.07, 6.45) is 15.4. The van der Waals surface area contributed by atoms with Crippen LogP contribution in [0, 0.1) is 5.41 Å². The summed E-state index contributed by atoms with van der Waals surface area (Å²) in [6.45, 7) is 33.6. The van der Waals surface area contributed by atoms with Crippen LogP contribution in [0.5, 0.6) is 0 Å². The molecule has 0 bridgehead atoms. The van der Waals surface area contributed by atoms with Gasteiger partial charge in [0.05, 0.1) is 0 Å². The first-order chi connectivity index (χ1) is 21.7. The molecule has 0 radical (unpaired) electrons. The average Bonchev–Trinajstić information content (AvgIpc) is 3.42. The van der Waals surface area contributed by atoms with E-state index >= 15 is 0 Å². The lowest BCUT2D eigenvalue weighted by Gasteiger charge is -2.37. The number of nitrogens with zero attached hydrogens (tertiary/aromatic N) is 2. The number of hydrogen-bond acceptors (Lipinski definition) is 4. The van der Waals surface area contributed by atoms with Crippen molar-refractivity contribution in [1.29, 1.82) is 0 Å². The SMILES string of the molecule is C/C=C\C=C(\C)CCC.C=C(C)C(C)=O.CCCN(C(=O)c1cc2nc(C3CCC(C)(C)CC3)cc(C(C)(C)C)c2o1)C(C)(C)CC. The Morgan fingerprint density at radius 3 is 2.04 bits per heavy atom. The van der Waals surface area contributed by atoms with Crippen molar-refractivity contribution >= 4 is 22.8 Å². The van der Waals surface area contributed by atoms with Crippen LogP contribution in [0.2, 0.25) is 0 Å². The van der Waals surface area contributed by atoms with Crippen LogP contribution in [0.25, 0.3) is 11.1 Å². The van der Waals surface area contributed by atoms with E-state index in [0.29, 0.717) is 22.7 Å². The van der Waals surface area contributed by atoms with Gasteiger partial charge in [-0.1, -0.05) is 92.2 Å². The fraction of sp³-hybridized carbons (Fsp3) is 0.643. The van der Waals surface area contributed by atoms with Crippen LogP contribution in [0.4, 0.5) is 0 Å². The van der Waals surface area contributed by atoms with Gasteiger partial charge in [-0.05, 0) is 109 Å². The molecule has 2 aromatic heterocycles. The number of carbonyl (C=O) groups is 2. The fourth-order valence-corrected chi connectivity index (χ4v) is 5.57. The second kappa shape index (κ2) is 18.6. The highest BCUT2D eigenvalue weighted by molar-refractivity contribution is 5.96. The summed E-state index contributed by atoms with van der Waals surface area (Å²) in [7, 11) is 0. The number of pyridine rings is 1. The van der Waals surface area contributed by atoms with Crippen LogP contribution in [-0.4, -0.2) is 33.7 Å². The van der Waals surface area contributed by atoms with Crippen molar-refractivity contribution in [3.63, 3.8) is 0 Å². The molecule has 0 N–H and O–H groups in total. The number of aromatic nitrogens is 1. The molecule has 1 aliphatic carbocycles. The van der Waals surface area contributed by atoms with Gasteiger partial charge in [0.15, 0.2) is 17.1 Å². The molecule has 0 unspecified atom stereocenters. The summed E-state index contributed by atoms with van der Waals surface area (Å²) in [5, 5.41) is 0. The van der Waals surface area contributed by atoms with Crippen molar-refractivity contribution in [2.45, 2.75) is 165 Å². The van der Waals surface area contributed by atoms with E-state index in [2.05, 4.69) is 107 Å². The Labute approximate surface area is 288 Å². The Kier molecular flexibility index (Phi) is 16.6. The number of ketones is 1. The summed E-state index contributed by atoms with van der Waals surface area (Å²) in [5.74, 6) is 0.931. The van der Waals surface area contributed by atoms with E-state index in [1.807, 2.05) is 17.9 Å². The number of amides is 1. The van der Waals surface area contributed by atoms with E-state index < -0.39 is 0 Å². The monoisotopic (exact) mass is 649 g/mol. The molecule has 5 nitrogen and oxygen atoms in total. The van der Waals surface area contributed by atoms with Gasteiger partial charge in [0.2, 0.25) is 0 Å². The molecule has 1 amide bonds. The highest BCUT2D eigenvalue weighted by Crippen LogP contribution is 2.43. The minimum absolute atomic E-state index is 0.0301. The molecule has 5 heteroatoms. The molecule has 3 rings (SSSR count). The third kappa shape index (κ3) is 13.2. The molecular formula is C42H68N2O3. The van der Waals surface area contributed by atoms with Crippen LogP contribution < -0.4 is 0 Å². The predicted octanol–water partition coefficient (Wildman–Crippen LogP) is 12.3. The Morgan fingerprint density at radius 2 is 1.60 bits per heavy atom. The van der Waals surface area contributed by atoms with E-state index in [9.17, 15) is 9.59 Å². The number of carbonyl (C=O) groups excluding carboxylic acids is 2. The Hall–Kier alpha value is -2.95. The second-order valence-corrected chi connectivity index (χ2v) is 15.9. The number of allylic oxidation sites excluding steroid dienone is 5. The van der Waals surface area contributed by atoms with Gasteiger partial charge in [-0.3, -0.25) is 9.59 Å². The second-order valence-electron chi connectivity index (χ2n) is 15.9. The van der Waals surface area contributed by atoms with Crippen molar-refractivity contribution in [3.05, 3.63) is 65.1 Å². The zero-order valence-electron chi connectivity index (χ0n) is 32.7. The maximum atomic E-state index is 13.5. The molecule has 264 valence electrons. The Balaban J connectivity index is 0.000000611. The summed E-state index contributed by atoms with van der Waals surface area (Å²) < 4.78 is 6.28. The molecule has 1 saturated carbocycles. The van der Waals surface area contributed by atoms with E-state index in [4.69, 9.17) is 9.40 Å². The van der Waals surface area contributed by atoms with Gasteiger partial charge in [-0.2, -0.15) is 0 Å². The first-order valence-electron chi connectivity index (χ1n) is 18.0. The number of furan rings is 1. The molecule has 2 aromatic rings.